The maximum Gasteiger partial charge on any atom is 0.151 e. The van der Waals surface area contributed by atoms with Gasteiger partial charge in [0, 0.05) is 12.5 Å². The molecule has 2 unspecified atom stereocenters. The number of rotatable bonds is 3. The Balaban J connectivity index is 2.39. The topological polar surface area (TPSA) is 26.3 Å². The predicted octanol–water partition coefficient (Wildman–Crippen LogP) is 1.56. The third-order valence-corrected chi connectivity index (χ3v) is 3.39. The molecule has 0 aromatic carbocycles. The summed E-state index contributed by atoms with van der Waals surface area (Å²) in [4.78, 5) is 11.4. The highest BCUT2D eigenvalue weighted by atomic mass is 33.1. The average Bonchev–Trinajstić information content (AvgIpc) is 2.53. The van der Waals surface area contributed by atoms with Crippen molar-refractivity contribution in [2.45, 2.75) is 18.6 Å². The van der Waals surface area contributed by atoms with Crippen LogP contribution in [0, 0.1) is 5.92 Å². The summed E-state index contributed by atoms with van der Waals surface area (Å²) >= 11 is 4.00. The van der Waals surface area contributed by atoms with Crippen LogP contribution in [0.25, 0.3) is 0 Å². The minimum absolute atomic E-state index is 0.00466. The molecule has 1 rings (SSSR count). The number of hydrogen-bond acceptors (Lipinski definition) is 4. The molecular formula is C7H12O2S2. The van der Waals surface area contributed by atoms with E-state index in [1.54, 1.807) is 0 Å². The lowest BCUT2D eigenvalue weighted by Gasteiger charge is -2.10. The van der Waals surface area contributed by atoms with Crippen molar-refractivity contribution in [1.29, 1.82) is 0 Å². The first-order chi connectivity index (χ1) is 5.25. The Labute approximate surface area is 75.9 Å². The quantitative estimate of drug-likeness (QED) is 0.543. The summed E-state index contributed by atoms with van der Waals surface area (Å²) in [5, 5.41) is 0.00466. The Morgan fingerprint density at radius 1 is 1.82 bits per heavy atom. The summed E-state index contributed by atoms with van der Waals surface area (Å²) < 4.78 is 5.12. The lowest BCUT2D eigenvalue weighted by molar-refractivity contribution is -0.122. The van der Waals surface area contributed by atoms with Gasteiger partial charge in [0.25, 0.3) is 0 Å². The van der Waals surface area contributed by atoms with Crippen LogP contribution in [0.1, 0.15) is 13.3 Å². The number of ketones is 1. The van der Waals surface area contributed by atoms with E-state index in [1.807, 2.05) is 6.92 Å². The van der Waals surface area contributed by atoms with Gasteiger partial charge < -0.3 is 4.74 Å². The molecule has 64 valence electrons. The van der Waals surface area contributed by atoms with Gasteiger partial charge >= 0.3 is 0 Å². The van der Waals surface area contributed by atoms with Crippen LogP contribution in [0.3, 0.4) is 0 Å². The molecule has 0 aromatic rings. The van der Waals surface area contributed by atoms with E-state index in [2.05, 4.69) is 11.7 Å². The van der Waals surface area contributed by atoms with Gasteiger partial charge in [-0.25, -0.2) is 0 Å². The number of thiol groups is 1. The van der Waals surface area contributed by atoms with E-state index in [4.69, 9.17) is 4.74 Å². The fourth-order valence-electron chi connectivity index (χ4n) is 1.14. The van der Waals surface area contributed by atoms with Crippen LogP contribution < -0.4 is 0 Å². The Bertz CT molecular complexity index is 143. The number of ether oxygens (including phenoxy) is 1. The van der Waals surface area contributed by atoms with Gasteiger partial charge in [-0.2, -0.15) is 0 Å². The first kappa shape index (κ1) is 9.42. The molecule has 0 spiro atoms. The van der Waals surface area contributed by atoms with Gasteiger partial charge in [-0.05, 0) is 13.3 Å². The van der Waals surface area contributed by atoms with Crippen LogP contribution in [0.15, 0.2) is 0 Å². The normalized spacial score (nSPS) is 26.9. The summed E-state index contributed by atoms with van der Waals surface area (Å²) in [5.74, 6) is 0.409. The Morgan fingerprint density at radius 3 is 3.00 bits per heavy atom. The molecule has 1 fully saturated rings. The molecule has 1 aliphatic heterocycles. The number of hydrogen-bond donors (Lipinski definition) is 1. The van der Waals surface area contributed by atoms with E-state index < -0.39 is 0 Å². The van der Waals surface area contributed by atoms with Crippen molar-refractivity contribution in [3.8, 4) is 0 Å². The molecule has 0 radical (unpaired) electrons. The van der Waals surface area contributed by atoms with Gasteiger partial charge in [-0.15, -0.1) is 11.7 Å². The lowest BCUT2D eigenvalue weighted by Crippen LogP contribution is -2.22. The van der Waals surface area contributed by atoms with Crippen LogP contribution in [0.4, 0.5) is 0 Å². The molecule has 2 nitrogen and oxygen atoms in total. The average molecular weight is 192 g/mol. The first-order valence-electron chi connectivity index (χ1n) is 3.67. The van der Waals surface area contributed by atoms with Crippen molar-refractivity contribution in [1.82, 2.24) is 0 Å². The van der Waals surface area contributed by atoms with Crippen LogP contribution in [0.5, 0.6) is 0 Å². The van der Waals surface area contributed by atoms with Crippen LogP contribution in [-0.4, -0.2) is 24.2 Å². The zero-order valence-corrected chi connectivity index (χ0v) is 8.16. The number of carbonyl (C=O) groups excluding carboxylic acids is 1. The highest BCUT2D eigenvalue weighted by Gasteiger charge is 2.26. The molecule has 0 bridgehead atoms. The SMILES string of the molecule is CC(SS)C(=O)C1CCOC1. The van der Waals surface area contributed by atoms with Crippen molar-refractivity contribution in [2.24, 2.45) is 5.92 Å². The molecule has 1 saturated heterocycles. The van der Waals surface area contributed by atoms with Gasteiger partial charge in [0.15, 0.2) is 5.78 Å². The van der Waals surface area contributed by atoms with E-state index in [9.17, 15) is 4.79 Å². The largest absolute Gasteiger partial charge is 0.381 e. The summed E-state index contributed by atoms with van der Waals surface area (Å²) in [6.45, 7) is 3.23. The first-order valence-corrected chi connectivity index (χ1v) is 5.60. The second-order valence-electron chi connectivity index (χ2n) is 2.71. The molecule has 0 aromatic heterocycles. The Hall–Kier alpha value is 0.330. The minimum atomic E-state index is 0.00466. The number of Topliss-reactive ketones (excluding diaryl/α,β-unsaturated/α-hetero) is 1. The Kier molecular flexibility index (Phi) is 3.75. The summed E-state index contributed by atoms with van der Waals surface area (Å²) in [5.41, 5.74) is 0. The molecule has 0 N–H and O–H groups in total. The summed E-state index contributed by atoms with van der Waals surface area (Å²) in [6, 6.07) is 0. The van der Waals surface area contributed by atoms with Crippen LogP contribution in [-0.2, 0) is 9.53 Å². The zero-order valence-electron chi connectivity index (χ0n) is 6.45. The van der Waals surface area contributed by atoms with E-state index in [0.717, 1.165) is 13.0 Å². The standard InChI is InChI=1S/C7H12O2S2/c1-5(11-10)7(8)6-2-3-9-4-6/h5-6,10H,2-4H2,1H3. The van der Waals surface area contributed by atoms with E-state index in [-0.39, 0.29) is 17.0 Å². The van der Waals surface area contributed by atoms with Gasteiger partial charge in [0.1, 0.15) is 0 Å². The van der Waals surface area contributed by atoms with Gasteiger partial charge in [-0.1, -0.05) is 10.8 Å². The lowest BCUT2D eigenvalue weighted by atomic mass is 10.0. The highest BCUT2D eigenvalue weighted by Crippen LogP contribution is 2.22. The van der Waals surface area contributed by atoms with Gasteiger partial charge in [0.05, 0.1) is 11.9 Å². The van der Waals surface area contributed by atoms with Gasteiger partial charge in [-0.3, -0.25) is 4.79 Å². The third-order valence-electron chi connectivity index (χ3n) is 1.89. The van der Waals surface area contributed by atoms with E-state index >= 15 is 0 Å². The molecule has 0 aliphatic carbocycles. The molecule has 1 heterocycles. The highest BCUT2D eigenvalue weighted by molar-refractivity contribution is 8.69. The minimum Gasteiger partial charge on any atom is -0.381 e. The molecule has 11 heavy (non-hydrogen) atoms. The van der Waals surface area contributed by atoms with Crippen LogP contribution >= 0.6 is 22.5 Å². The third kappa shape index (κ3) is 2.39. The monoisotopic (exact) mass is 192 g/mol. The second kappa shape index (κ2) is 4.38. The smallest absolute Gasteiger partial charge is 0.151 e. The Morgan fingerprint density at radius 2 is 2.55 bits per heavy atom. The van der Waals surface area contributed by atoms with Crippen LogP contribution in [0.2, 0.25) is 0 Å². The predicted molar refractivity (Wildman–Crippen MR) is 50.0 cm³/mol. The van der Waals surface area contributed by atoms with Crippen molar-refractivity contribution in [3.63, 3.8) is 0 Å². The molecule has 0 amide bonds. The molecule has 2 atom stereocenters. The molecule has 4 heteroatoms. The van der Waals surface area contributed by atoms with Crippen molar-refractivity contribution >= 4 is 28.2 Å². The zero-order chi connectivity index (χ0) is 8.27. The summed E-state index contributed by atoms with van der Waals surface area (Å²) in [7, 11) is 1.31. The summed E-state index contributed by atoms with van der Waals surface area (Å²) in [6.07, 6.45) is 0.886. The molecule has 0 saturated carbocycles. The molecular weight excluding hydrogens is 180 g/mol. The fourth-order valence-corrected chi connectivity index (χ4v) is 1.75. The second-order valence-corrected chi connectivity index (χ2v) is 4.26. The number of carbonyl (C=O) groups is 1. The molecule has 1 aliphatic rings. The van der Waals surface area contributed by atoms with E-state index in [0.29, 0.717) is 6.61 Å². The fraction of sp³-hybridized carbons (Fsp3) is 0.857. The maximum atomic E-state index is 11.4. The van der Waals surface area contributed by atoms with Gasteiger partial charge in [0.2, 0.25) is 0 Å². The van der Waals surface area contributed by atoms with Crippen molar-refractivity contribution in [3.05, 3.63) is 0 Å². The van der Waals surface area contributed by atoms with E-state index in [1.165, 1.54) is 10.8 Å². The van der Waals surface area contributed by atoms with Crippen molar-refractivity contribution < 1.29 is 9.53 Å². The van der Waals surface area contributed by atoms with Crippen molar-refractivity contribution in [2.75, 3.05) is 13.2 Å². The maximum absolute atomic E-state index is 11.4.